The predicted octanol–water partition coefficient (Wildman–Crippen LogP) is 2.16. The highest BCUT2D eigenvalue weighted by molar-refractivity contribution is 7.21. The molecule has 3 unspecified atom stereocenters. The van der Waals surface area contributed by atoms with Gasteiger partial charge in [0.05, 0.1) is 10.3 Å². The fourth-order valence-electron chi connectivity index (χ4n) is 3.86. The zero-order valence-electron chi connectivity index (χ0n) is 12.0. The van der Waals surface area contributed by atoms with Gasteiger partial charge in [0, 0.05) is 25.2 Å². The van der Waals surface area contributed by atoms with Gasteiger partial charge in [0.1, 0.15) is 17.0 Å². The van der Waals surface area contributed by atoms with E-state index in [0.29, 0.717) is 16.7 Å². The predicted molar refractivity (Wildman–Crippen MR) is 85.1 cm³/mol. The summed E-state index contributed by atoms with van der Waals surface area (Å²) in [5.74, 6) is 1.94. The van der Waals surface area contributed by atoms with Gasteiger partial charge in [-0.15, -0.1) is 0 Å². The number of hydrogen-bond acceptors (Lipinski definition) is 7. The Balaban J connectivity index is 1.71. The highest BCUT2D eigenvalue weighted by atomic mass is 32.1. The van der Waals surface area contributed by atoms with Crippen LogP contribution in [0.1, 0.15) is 19.3 Å². The van der Waals surface area contributed by atoms with Crippen molar-refractivity contribution in [1.82, 2.24) is 9.97 Å². The van der Waals surface area contributed by atoms with E-state index in [1.807, 2.05) is 0 Å². The SMILES string of the molecule is NC1CCCC2CN(c3ncnc4sc([N+](=O)[O-])cc34)CC12. The minimum Gasteiger partial charge on any atom is -0.355 e. The van der Waals surface area contributed by atoms with Gasteiger partial charge in [-0.3, -0.25) is 10.1 Å². The van der Waals surface area contributed by atoms with Crippen molar-refractivity contribution < 1.29 is 4.92 Å². The average molecular weight is 319 g/mol. The zero-order valence-corrected chi connectivity index (χ0v) is 12.8. The number of nitrogens with zero attached hydrogens (tertiary/aromatic N) is 4. The number of fused-ring (bicyclic) bond motifs is 2. The summed E-state index contributed by atoms with van der Waals surface area (Å²) in [6.45, 7) is 1.83. The first-order chi connectivity index (χ1) is 10.6. The molecule has 1 aliphatic carbocycles. The summed E-state index contributed by atoms with van der Waals surface area (Å²) >= 11 is 1.10. The van der Waals surface area contributed by atoms with Gasteiger partial charge in [0.25, 0.3) is 0 Å². The number of nitrogens with two attached hydrogens (primary N) is 1. The Hall–Kier alpha value is -1.80. The van der Waals surface area contributed by atoms with E-state index in [0.717, 1.165) is 42.1 Å². The largest absolute Gasteiger partial charge is 0.355 e. The van der Waals surface area contributed by atoms with E-state index < -0.39 is 0 Å². The van der Waals surface area contributed by atoms with Crippen molar-refractivity contribution in [2.24, 2.45) is 17.6 Å². The van der Waals surface area contributed by atoms with Crippen molar-refractivity contribution in [3.63, 3.8) is 0 Å². The van der Waals surface area contributed by atoms with Crippen LogP contribution in [-0.4, -0.2) is 34.0 Å². The Morgan fingerprint density at radius 3 is 3.00 bits per heavy atom. The van der Waals surface area contributed by atoms with Gasteiger partial charge in [-0.25, -0.2) is 9.97 Å². The summed E-state index contributed by atoms with van der Waals surface area (Å²) < 4.78 is 0. The summed E-state index contributed by atoms with van der Waals surface area (Å²) in [5, 5.41) is 11.9. The fourth-order valence-corrected chi connectivity index (χ4v) is 4.67. The van der Waals surface area contributed by atoms with E-state index >= 15 is 0 Å². The molecule has 2 aromatic rings. The smallest absolute Gasteiger partial charge is 0.326 e. The van der Waals surface area contributed by atoms with Crippen LogP contribution in [0.2, 0.25) is 0 Å². The average Bonchev–Trinajstić information content (AvgIpc) is 3.11. The number of rotatable bonds is 2. The maximum atomic E-state index is 11.0. The number of hydrogen-bond donors (Lipinski definition) is 1. The van der Waals surface area contributed by atoms with E-state index in [-0.39, 0.29) is 16.0 Å². The van der Waals surface area contributed by atoms with Gasteiger partial charge in [-0.1, -0.05) is 6.42 Å². The van der Waals surface area contributed by atoms with Crippen molar-refractivity contribution in [2.75, 3.05) is 18.0 Å². The van der Waals surface area contributed by atoms with Crippen LogP contribution in [0.25, 0.3) is 10.2 Å². The van der Waals surface area contributed by atoms with Crippen LogP contribution in [-0.2, 0) is 0 Å². The second kappa shape index (κ2) is 5.13. The van der Waals surface area contributed by atoms with Crippen LogP contribution in [0.5, 0.6) is 0 Å². The third-order valence-corrected chi connectivity index (χ3v) is 5.92. The van der Waals surface area contributed by atoms with Crippen molar-refractivity contribution in [3.8, 4) is 0 Å². The minimum absolute atomic E-state index is 0.116. The van der Waals surface area contributed by atoms with Crippen molar-refractivity contribution >= 4 is 32.4 Å². The van der Waals surface area contributed by atoms with Crippen molar-refractivity contribution in [3.05, 3.63) is 22.5 Å². The molecule has 116 valence electrons. The van der Waals surface area contributed by atoms with Gasteiger partial charge in [0.2, 0.25) is 0 Å². The first kappa shape index (κ1) is 13.8. The molecule has 7 nitrogen and oxygen atoms in total. The van der Waals surface area contributed by atoms with Gasteiger partial charge in [-0.05, 0) is 36.0 Å². The van der Waals surface area contributed by atoms with E-state index in [1.165, 1.54) is 19.2 Å². The summed E-state index contributed by atoms with van der Waals surface area (Å²) in [5.41, 5.74) is 6.27. The summed E-state index contributed by atoms with van der Waals surface area (Å²) in [7, 11) is 0. The third kappa shape index (κ3) is 2.14. The Labute approximate surface area is 131 Å². The van der Waals surface area contributed by atoms with Gasteiger partial charge in [-0.2, -0.15) is 0 Å². The van der Waals surface area contributed by atoms with Gasteiger partial charge < -0.3 is 10.6 Å². The first-order valence-electron chi connectivity index (χ1n) is 7.53. The van der Waals surface area contributed by atoms with Crippen LogP contribution in [0.15, 0.2) is 12.4 Å². The molecule has 1 aliphatic heterocycles. The molecule has 1 saturated carbocycles. The summed E-state index contributed by atoms with van der Waals surface area (Å²) in [6.07, 6.45) is 5.00. The first-order valence-corrected chi connectivity index (χ1v) is 8.34. The molecule has 22 heavy (non-hydrogen) atoms. The highest BCUT2D eigenvalue weighted by Gasteiger charge is 2.39. The molecular weight excluding hydrogens is 302 g/mol. The van der Waals surface area contributed by atoms with Crippen LogP contribution >= 0.6 is 11.3 Å². The van der Waals surface area contributed by atoms with E-state index in [2.05, 4.69) is 14.9 Å². The molecule has 2 N–H and O–H groups in total. The number of aromatic nitrogens is 2. The van der Waals surface area contributed by atoms with Crippen LogP contribution < -0.4 is 10.6 Å². The van der Waals surface area contributed by atoms with E-state index in [4.69, 9.17) is 5.73 Å². The number of thiophene rings is 1. The Morgan fingerprint density at radius 2 is 2.23 bits per heavy atom. The molecule has 3 heterocycles. The lowest BCUT2D eigenvalue weighted by atomic mass is 9.78. The zero-order chi connectivity index (χ0) is 15.3. The van der Waals surface area contributed by atoms with E-state index in [9.17, 15) is 10.1 Å². The monoisotopic (exact) mass is 319 g/mol. The van der Waals surface area contributed by atoms with Crippen molar-refractivity contribution in [1.29, 1.82) is 0 Å². The Bertz CT molecular complexity index is 733. The molecule has 2 aromatic heterocycles. The molecule has 0 radical (unpaired) electrons. The van der Waals surface area contributed by atoms with Crippen molar-refractivity contribution in [2.45, 2.75) is 25.3 Å². The fraction of sp³-hybridized carbons (Fsp3) is 0.571. The molecule has 3 atom stereocenters. The Morgan fingerprint density at radius 1 is 1.36 bits per heavy atom. The van der Waals surface area contributed by atoms with Crippen LogP contribution in [0.3, 0.4) is 0 Å². The molecule has 0 aromatic carbocycles. The van der Waals surface area contributed by atoms with Gasteiger partial charge >= 0.3 is 5.00 Å². The quantitative estimate of drug-likeness (QED) is 0.673. The third-order valence-electron chi connectivity index (χ3n) is 4.93. The molecule has 0 amide bonds. The topological polar surface area (TPSA) is 98.2 Å². The van der Waals surface area contributed by atoms with Gasteiger partial charge in [0.15, 0.2) is 0 Å². The second-order valence-electron chi connectivity index (χ2n) is 6.18. The molecule has 2 fully saturated rings. The summed E-state index contributed by atoms with van der Waals surface area (Å²) in [4.78, 5) is 22.1. The maximum absolute atomic E-state index is 11.0. The lowest BCUT2D eigenvalue weighted by molar-refractivity contribution is -0.380. The highest BCUT2D eigenvalue weighted by Crippen LogP contribution is 2.40. The molecule has 0 bridgehead atoms. The molecule has 0 spiro atoms. The molecule has 2 aliphatic rings. The molecular formula is C14H17N5O2S. The lowest BCUT2D eigenvalue weighted by Crippen LogP contribution is -2.38. The van der Waals surface area contributed by atoms with E-state index in [1.54, 1.807) is 6.07 Å². The molecule has 1 saturated heterocycles. The summed E-state index contributed by atoms with van der Waals surface area (Å²) in [6, 6.07) is 1.86. The number of anilines is 1. The normalized spacial score (nSPS) is 28.0. The minimum atomic E-state index is -0.365. The van der Waals surface area contributed by atoms with Crippen LogP contribution in [0, 0.1) is 22.0 Å². The molecule has 8 heteroatoms. The maximum Gasteiger partial charge on any atom is 0.326 e. The number of nitro groups is 1. The second-order valence-corrected chi connectivity index (χ2v) is 7.19. The lowest BCUT2D eigenvalue weighted by Gasteiger charge is -2.29. The standard InChI is InChI=1S/C14H17N5O2S/c15-11-3-1-2-8-5-18(6-10(8)11)13-9-4-12(19(20)21)22-14(9)17-7-16-13/h4,7-8,10-11H,1-3,5-6,15H2. The molecule has 4 rings (SSSR count). The Kier molecular flexibility index (Phi) is 3.23. The van der Waals surface area contributed by atoms with Crippen LogP contribution in [0.4, 0.5) is 10.8 Å².